The average molecular weight is 507 g/mol. The minimum absolute atomic E-state index is 0.114. The highest BCUT2D eigenvalue weighted by atomic mass is 35.5. The number of aliphatic imine (C=N–C) groups is 1. The number of hydrogen-bond donors (Lipinski definition) is 2. The maximum Gasteiger partial charge on any atom is 0.423 e. The standard InChI is InChI=1S/C26H26ClF3N2O3/c1-35-24-18(9-5-10-19(24)27)23(16-7-3-2-4-8-16)25(34,26(28,29)30)15-31-20-11-6-12-21-17(20)13-14-22(33)32-21/h5-6,9-16,23,34H,2-4,7-8H2,1H3,(H,32,33). The Labute approximate surface area is 205 Å². The van der Waals surface area contributed by atoms with Crippen LogP contribution in [-0.4, -0.2) is 35.2 Å². The van der Waals surface area contributed by atoms with Gasteiger partial charge in [0.1, 0.15) is 5.75 Å². The van der Waals surface area contributed by atoms with Crippen LogP contribution >= 0.6 is 11.6 Å². The minimum Gasteiger partial charge on any atom is -0.495 e. The summed E-state index contributed by atoms with van der Waals surface area (Å²) in [5, 5.41) is 12.1. The molecule has 0 radical (unpaired) electrons. The first-order valence-corrected chi connectivity index (χ1v) is 11.8. The quantitative estimate of drug-likeness (QED) is 0.372. The van der Waals surface area contributed by atoms with E-state index in [2.05, 4.69) is 9.98 Å². The first kappa shape index (κ1) is 25.3. The number of benzene rings is 2. The van der Waals surface area contributed by atoms with Gasteiger partial charge in [-0.15, -0.1) is 0 Å². The Morgan fingerprint density at radius 2 is 1.83 bits per heavy atom. The highest BCUT2D eigenvalue weighted by molar-refractivity contribution is 6.32. The predicted molar refractivity (Wildman–Crippen MR) is 131 cm³/mol. The van der Waals surface area contributed by atoms with Crippen LogP contribution in [0.15, 0.2) is 58.3 Å². The summed E-state index contributed by atoms with van der Waals surface area (Å²) in [5.74, 6) is -1.73. The largest absolute Gasteiger partial charge is 0.495 e. The summed E-state index contributed by atoms with van der Waals surface area (Å²) in [6, 6.07) is 12.1. The van der Waals surface area contributed by atoms with Crippen molar-refractivity contribution in [2.75, 3.05) is 7.11 Å². The van der Waals surface area contributed by atoms with Crippen LogP contribution in [0.25, 0.3) is 10.9 Å². The minimum atomic E-state index is -5.04. The van der Waals surface area contributed by atoms with Crippen LogP contribution < -0.4 is 10.3 Å². The molecule has 2 aromatic carbocycles. The van der Waals surface area contributed by atoms with E-state index in [0.29, 0.717) is 30.0 Å². The van der Waals surface area contributed by atoms with Crippen molar-refractivity contribution in [2.45, 2.75) is 49.8 Å². The number of pyridine rings is 1. The number of aliphatic hydroxyl groups is 1. The smallest absolute Gasteiger partial charge is 0.423 e. The summed E-state index contributed by atoms with van der Waals surface area (Å²) >= 11 is 6.28. The third-order valence-corrected chi connectivity index (χ3v) is 7.03. The van der Waals surface area contributed by atoms with E-state index in [1.165, 1.54) is 31.4 Å². The van der Waals surface area contributed by atoms with Gasteiger partial charge < -0.3 is 14.8 Å². The molecular formula is C26H26ClF3N2O3. The fourth-order valence-electron chi connectivity index (χ4n) is 5.08. The number of halogens is 4. The molecule has 2 N–H and O–H groups in total. The van der Waals surface area contributed by atoms with Crippen molar-refractivity contribution >= 4 is 34.4 Å². The van der Waals surface area contributed by atoms with Crippen LogP contribution in [0.1, 0.15) is 43.6 Å². The number of H-pyrrole nitrogens is 1. The van der Waals surface area contributed by atoms with Gasteiger partial charge >= 0.3 is 6.18 Å². The summed E-state index contributed by atoms with van der Waals surface area (Å²) in [6.45, 7) is 0. The van der Waals surface area contributed by atoms with Crippen molar-refractivity contribution in [1.82, 2.24) is 4.98 Å². The van der Waals surface area contributed by atoms with E-state index in [4.69, 9.17) is 16.3 Å². The Kier molecular flexibility index (Phi) is 7.24. The highest BCUT2D eigenvalue weighted by Crippen LogP contribution is 2.51. The van der Waals surface area contributed by atoms with E-state index in [1.54, 1.807) is 24.3 Å². The van der Waals surface area contributed by atoms with E-state index in [-0.39, 0.29) is 27.6 Å². The fourth-order valence-corrected chi connectivity index (χ4v) is 5.34. The molecule has 0 aliphatic heterocycles. The van der Waals surface area contributed by atoms with Gasteiger partial charge in [-0.25, -0.2) is 0 Å². The lowest BCUT2D eigenvalue weighted by atomic mass is 9.68. The number of rotatable bonds is 6. The van der Waals surface area contributed by atoms with Gasteiger partial charge in [-0.05, 0) is 43.0 Å². The Morgan fingerprint density at radius 3 is 2.51 bits per heavy atom. The zero-order valence-corrected chi connectivity index (χ0v) is 19.9. The molecule has 2 unspecified atom stereocenters. The topological polar surface area (TPSA) is 74.7 Å². The molecule has 1 fully saturated rings. The summed E-state index contributed by atoms with van der Waals surface area (Å²) < 4.78 is 49.6. The SMILES string of the molecule is COc1c(Cl)cccc1C(C1CCCCC1)C(O)(C=Nc1cccc2[nH]c(=O)ccc12)C(F)(F)F. The summed E-state index contributed by atoms with van der Waals surface area (Å²) in [5.41, 5.74) is -2.81. The molecule has 3 aromatic rings. The molecule has 35 heavy (non-hydrogen) atoms. The van der Waals surface area contributed by atoms with Crippen molar-refractivity contribution in [3.63, 3.8) is 0 Å². The Morgan fingerprint density at radius 1 is 1.11 bits per heavy atom. The zero-order valence-electron chi connectivity index (χ0n) is 19.1. The number of methoxy groups -OCH3 is 1. The lowest BCUT2D eigenvalue weighted by Crippen LogP contribution is -2.54. The highest BCUT2D eigenvalue weighted by Gasteiger charge is 2.60. The molecule has 1 heterocycles. The normalized spacial score (nSPS) is 18.0. The number of ether oxygens (including phenoxy) is 1. The maximum atomic E-state index is 14.7. The van der Waals surface area contributed by atoms with Crippen molar-refractivity contribution in [1.29, 1.82) is 0 Å². The molecular weight excluding hydrogens is 481 g/mol. The monoisotopic (exact) mass is 506 g/mol. The van der Waals surface area contributed by atoms with Gasteiger partial charge in [0.2, 0.25) is 11.2 Å². The van der Waals surface area contributed by atoms with E-state index < -0.39 is 23.6 Å². The molecule has 1 saturated carbocycles. The molecule has 4 rings (SSSR count). The van der Waals surface area contributed by atoms with Gasteiger partial charge in [-0.3, -0.25) is 9.79 Å². The fraction of sp³-hybridized carbons (Fsp3) is 0.385. The lowest BCUT2D eigenvalue weighted by Gasteiger charge is -2.41. The van der Waals surface area contributed by atoms with Crippen LogP contribution in [-0.2, 0) is 0 Å². The second-order valence-electron chi connectivity index (χ2n) is 8.88. The van der Waals surface area contributed by atoms with E-state index >= 15 is 0 Å². The number of nitrogens with one attached hydrogen (secondary N) is 1. The lowest BCUT2D eigenvalue weighted by molar-refractivity contribution is -0.241. The van der Waals surface area contributed by atoms with Crippen LogP contribution in [0, 0.1) is 5.92 Å². The van der Waals surface area contributed by atoms with Gasteiger partial charge in [0.25, 0.3) is 0 Å². The number of nitrogens with zero attached hydrogens (tertiary/aromatic N) is 1. The predicted octanol–water partition coefficient (Wildman–Crippen LogP) is 6.55. The summed E-state index contributed by atoms with van der Waals surface area (Å²) in [7, 11) is 1.35. The summed E-state index contributed by atoms with van der Waals surface area (Å²) in [6.07, 6.45) is -0.915. The summed E-state index contributed by atoms with van der Waals surface area (Å²) in [4.78, 5) is 18.4. The molecule has 1 aromatic heterocycles. The average Bonchev–Trinajstić information content (AvgIpc) is 2.82. The number of para-hydroxylation sites is 1. The third-order valence-electron chi connectivity index (χ3n) is 6.73. The zero-order chi connectivity index (χ0) is 25.2. The van der Waals surface area contributed by atoms with Crippen LogP contribution in [0.3, 0.4) is 0 Å². The number of fused-ring (bicyclic) bond motifs is 1. The van der Waals surface area contributed by atoms with Crippen LogP contribution in [0.2, 0.25) is 5.02 Å². The number of aromatic nitrogens is 1. The van der Waals surface area contributed by atoms with E-state index in [1.807, 2.05) is 0 Å². The molecule has 1 aliphatic rings. The molecule has 0 bridgehead atoms. The van der Waals surface area contributed by atoms with E-state index in [0.717, 1.165) is 19.3 Å². The second kappa shape index (κ2) is 10.0. The first-order valence-electron chi connectivity index (χ1n) is 11.4. The Bertz CT molecular complexity index is 1280. The van der Waals surface area contributed by atoms with Crippen molar-refractivity contribution in [3.05, 3.63) is 69.5 Å². The number of alkyl halides is 3. The second-order valence-corrected chi connectivity index (χ2v) is 9.29. The van der Waals surface area contributed by atoms with Gasteiger partial charge in [0, 0.05) is 29.1 Å². The van der Waals surface area contributed by atoms with Crippen molar-refractivity contribution < 1.29 is 23.0 Å². The Hall–Kier alpha value is -2.84. The van der Waals surface area contributed by atoms with E-state index in [9.17, 15) is 23.1 Å². The molecule has 5 nitrogen and oxygen atoms in total. The molecule has 186 valence electrons. The maximum absolute atomic E-state index is 14.7. The van der Waals surface area contributed by atoms with Crippen molar-refractivity contribution in [3.8, 4) is 5.75 Å². The van der Waals surface area contributed by atoms with Gasteiger partial charge in [-0.1, -0.05) is 49.1 Å². The van der Waals surface area contributed by atoms with Gasteiger partial charge in [0.05, 0.1) is 23.3 Å². The van der Waals surface area contributed by atoms with Gasteiger partial charge in [-0.2, -0.15) is 13.2 Å². The van der Waals surface area contributed by atoms with Crippen molar-refractivity contribution in [2.24, 2.45) is 10.9 Å². The molecule has 0 amide bonds. The number of hydrogen-bond acceptors (Lipinski definition) is 4. The molecule has 1 aliphatic carbocycles. The van der Waals surface area contributed by atoms with Crippen LogP contribution in [0.4, 0.5) is 18.9 Å². The molecule has 0 saturated heterocycles. The Balaban J connectivity index is 1.90. The molecule has 0 spiro atoms. The van der Waals surface area contributed by atoms with Gasteiger partial charge in [0.15, 0.2) is 0 Å². The third kappa shape index (κ3) is 4.95. The molecule has 2 atom stereocenters. The first-order chi connectivity index (χ1) is 16.7. The van der Waals surface area contributed by atoms with Crippen LogP contribution in [0.5, 0.6) is 5.75 Å². The molecule has 9 heteroatoms. The number of aromatic amines is 1.